The Kier molecular flexibility index (Phi) is 6.50. The van der Waals surface area contributed by atoms with E-state index < -0.39 is 0 Å². The van der Waals surface area contributed by atoms with Crippen molar-refractivity contribution in [3.05, 3.63) is 89.5 Å². The van der Waals surface area contributed by atoms with E-state index in [2.05, 4.69) is 62.4 Å². The lowest BCUT2D eigenvalue weighted by atomic mass is 10.2. The fourth-order valence-corrected chi connectivity index (χ4v) is 5.15. The Morgan fingerprint density at radius 2 is 1.73 bits per heavy atom. The Balaban J connectivity index is 1.53. The molecule has 3 nitrogen and oxygen atoms in total. The number of aromatic nitrogens is 1. The number of anilines is 1. The minimum atomic E-state index is 0.107. The second-order valence-electron chi connectivity index (χ2n) is 7.30. The predicted molar refractivity (Wildman–Crippen MR) is 129 cm³/mol. The van der Waals surface area contributed by atoms with E-state index in [1.54, 1.807) is 23.1 Å². The first kappa shape index (κ1) is 20.6. The van der Waals surface area contributed by atoms with Crippen molar-refractivity contribution < 1.29 is 4.79 Å². The monoisotopic (exact) mass is 432 g/mol. The number of benzene rings is 3. The number of para-hydroxylation sites is 1. The number of carbonyl (C=O) groups is 1. The van der Waals surface area contributed by atoms with Gasteiger partial charge in [0, 0.05) is 17.1 Å². The average Bonchev–Trinajstić information content (AvgIpc) is 3.19. The van der Waals surface area contributed by atoms with E-state index in [9.17, 15) is 4.79 Å². The van der Waals surface area contributed by atoms with E-state index in [-0.39, 0.29) is 5.91 Å². The molecule has 152 valence electrons. The summed E-state index contributed by atoms with van der Waals surface area (Å²) in [5, 5.41) is 0.772. The summed E-state index contributed by atoms with van der Waals surface area (Å²) in [6.07, 6.45) is 0.473. The number of thioether (sulfide) groups is 1. The van der Waals surface area contributed by atoms with Gasteiger partial charge in [0.15, 0.2) is 5.13 Å². The summed E-state index contributed by atoms with van der Waals surface area (Å²) < 4.78 is 1.12. The number of thiazole rings is 1. The van der Waals surface area contributed by atoms with Gasteiger partial charge in [-0.3, -0.25) is 9.69 Å². The molecule has 3 aromatic carbocycles. The second-order valence-corrected chi connectivity index (χ2v) is 9.47. The number of amides is 1. The minimum Gasteiger partial charge on any atom is -0.284 e. The van der Waals surface area contributed by atoms with Crippen LogP contribution < -0.4 is 4.90 Å². The van der Waals surface area contributed by atoms with Crippen LogP contribution in [-0.2, 0) is 11.3 Å². The smallest absolute Gasteiger partial charge is 0.229 e. The molecule has 0 spiro atoms. The van der Waals surface area contributed by atoms with Gasteiger partial charge in [-0.15, -0.1) is 11.8 Å². The Morgan fingerprint density at radius 3 is 2.47 bits per heavy atom. The van der Waals surface area contributed by atoms with Crippen LogP contribution in [0.1, 0.15) is 23.1 Å². The van der Waals surface area contributed by atoms with Gasteiger partial charge in [-0.05, 0) is 43.2 Å². The molecule has 0 unspecified atom stereocenters. The second kappa shape index (κ2) is 9.45. The van der Waals surface area contributed by atoms with Crippen molar-refractivity contribution in [3.63, 3.8) is 0 Å². The molecule has 0 aliphatic carbocycles. The molecular formula is C25H24N2OS2. The summed E-state index contributed by atoms with van der Waals surface area (Å²) in [6, 6.07) is 24.7. The average molecular weight is 433 g/mol. The van der Waals surface area contributed by atoms with E-state index >= 15 is 0 Å². The van der Waals surface area contributed by atoms with Crippen LogP contribution in [0.5, 0.6) is 0 Å². The summed E-state index contributed by atoms with van der Waals surface area (Å²) >= 11 is 3.31. The molecule has 1 aromatic heterocycles. The van der Waals surface area contributed by atoms with Crippen molar-refractivity contribution >= 4 is 44.4 Å². The maximum absolute atomic E-state index is 13.2. The number of hydrogen-bond donors (Lipinski definition) is 0. The third kappa shape index (κ3) is 4.91. The molecular weight excluding hydrogens is 408 g/mol. The molecule has 0 aliphatic heterocycles. The van der Waals surface area contributed by atoms with Crippen molar-refractivity contribution in [2.75, 3.05) is 10.7 Å². The van der Waals surface area contributed by atoms with Gasteiger partial charge in [0.1, 0.15) is 0 Å². The number of hydrogen-bond acceptors (Lipinski definition) is 4. The third-order valence-corrected chi connectivity index (χ3v) is 6.99. The molecule has 4 rings (SSSR count). The van der Waals surface area contributed by atoms with Crippen LogP contribution in [-0.4, -0.2) is 16.6 Å². The molecule has 0 aliphatic rings. The van der Waals surface area contributed by atoms with Crippen LogP contribution in [0.3, 0.4) is 0 Å². The van der Waals surface area contributed by atoms with Crippen molar-refractivity contribution in [2.24, 2.45) is 0 Å². The van der Waals surface area contributed by atoms with Gasteiger partial charge in [-0.25, -0.2) is 4.98 Å². The largest absolute Gasteiger partial charge is 0.284 e. The van der Waals surface area contributed by atoms with E-state index in [0.29, 0.717) is 13.0 Å². The van der Waals surface area contributed by atoms with Crippen LogP contribution in [0.25, 0.3) is 10.2 Å². The maximum Gasteiger partial charge on any atom is 0.229 e. The fraction of sp³-hybridized carbons (Fsp3) is 0.200. The lowest BCUT2D eigenvalue weighted by Crippen LogP contribution is -2.30. The summed E-state index contributed by atoms with van der Waals surface area (Å²) in [7, 11) is 0. The zero-order chi connectivity index (χ0) is 20.9. The summed E-state index contributed by atoms with van der Waals surface area (Å²) in [4.78, 5) is 21.1. The van der Waals surface area contributed by atoms with E-state index in [0.717, 1.165) is 32.2 Å². The number of aryl methyl sites for hydroxylation is 2. The van der Waals surface area contributed by atoms with Crippen molar-refractivity contribution in [1.29, 1.82) is 0 Å². The number of fused-ring (bicyclic) bond motifs is 1. The molecule has 0 saturated heterocycles. The SMILES string of the molecule is Cc1ccc(SCCC(=O)N(Cc2ccccc2)c2nc3c(C)cccc3s2)cc1. The summed E-state index contributed by atoms with van der Waals surface area (Å²) in [5.41, 5.74) is 4.47. The fourth-order valence-electron chi connectivity index (χ4n) is 3.24. The summed E-state index contributed by atoms with van der Waals surface area (Å²) in [6.45, 7) is 4.68. The highest BCUT2D eigenvalue weighted by molar-refractivity contribution is 7.99. The molecule has 0 bridgehead atoms. The minimum absolute atomic E-state index is 0.107. The Hall–Kier alpha value is -2.63. The standard InChI is InChI=1S/C25H24N2OS2/c1-18-11-13-21(14-12-18)29-16-15-23(28)27(17-20-8-4-3-5-9-20)25-26-24-19(2)7-6-10-22(24)30-25/h3-14H,15-17H2,1-2H3. The van der Waals surface area contributed by atoms with Crippen LogP contribution in [0.15, 0.2) is 77.7 Å². The number of carbonyl (C=O) groups excluding carboxylic acids is 1. The first-order valence-corrected chi connectivity index (χ1v) is 11.8. The zero-order valence-corrected chi connectivity index (χ0v) is 18.8. The highest BCUT2D eigenvalue weighted by atomic mass is 32.2. The zero-order valence-electron chi connectivity index (χ0n) is 17.2. The van der Waals surface area contributed by atoms with Crippen LogP contribution in [0.4, 0.5) is 5.13 Å². The molecule has 0 radical (unpaired) electrons. The molecule has 30 heavy (non-hydrogen) atoms. The number of rotatable bonds is 7. The third-order valence-electron chi connectivity index (χ3n) is 4.93. The molecule has 0 atom stereocenters. The maximum atomic E-state index is 13.2. The van der Waals surface area contributed by atoms with Gasteiger partial charge in [-0.2, -0.15) is 0 Å². The molecule has 0 N–H and O–H groups in total. The van der Waals surface area contributed by atoms with Crippen LogP contribution in [0, 0.1) is 13.8 Å². The van der Waals surface area contributed by atoms with E-state index in [1.165, 1.54) is 10.5 Å². The Bertz CT molecular complexity index is 1140. The van der Waals surface area contributed by atoms with Crippen LogP contribution in [0.2, 0.25) is 0 Å². The Labute approximate surface area is 185 Å². The molecule has 4 aromatic rings. The van der Waals surface area contributed by atoms with E-state index in [1.807, 2.05) is 29.2 Å². The van der Waals surface area contributed by atoms with Gasteiger partial charge in [0.05, 0.1) is 16.8 Å². The number of nitrogens with zero attached hydrogens (tertiary/aromatic N) is 2. The summed E-state index contributed by atoms with van der Waals surface area (Å²) in [5.74, 6) is 0.854. The van der Waals surface area contributed by atoms with Crippen molar-refractivity contribution in [3.8, 4) is 0 Å². The molecule has 1 amide bonds. The molecule has 1 heterocycles. The molecule has 5 heteroatoms. The highest BCUT2D eigenvalue weighted by Gasteiger charge is 2.20. The first-order chi connectivity index (χ1) is 14.6. The highest BCUT2D eigenvalue weighted by Crippen LogP contribution is 2.32. The van der Waals surface area contributed by atoms with Gasteiger partial charge < -0.3 is 0 Å². The lowest BCUT2D eigenvalue weighted by Gasteiger charge is -2.20. The van der Waals surface area contributed by atoms with Gasteiger partial charge >= 0.3 is 0 Å². The van der Waals surface area contributed by atoms with Crippen LogP contribution >= 0.6 is 23.1 Å². The Morgan fingerprint density at radius 1 is 0.967 bits per heavy atom. The van der Waals surface area contributed by atoms with E-state index in [4.69, 9.17) is 4.98 Å². The normalized spacial score (nSPS) is 11.0. The molecule has 0 fully saturated rings. The lowest BCUT2D eigenvalue weighted by molar-refractivity contribution is -0.118. The van der Waals surface area contributed by atoms with Gasteiger partial charge in [-0.1, -0.05) is 71.5 Å². The quantitative estimate of drug-likeness (QED) is 0.307. The van der Waals surface area contributed by atoms with Gasteiger partial charge in [0.25, 0.3) is 0 Å². The van der Waals surface area contributed by atoms with Crippen molar-refractivity contribution in [2.45, 2.75) is 31.7 Å². The topological polar surface area (TPSA) is 33.2 Å². The first-order valence-electron chi connectivity index (χ1n) is 10.00. The predicted octanol–water partition coefficient (Wildman–Crippen LogP) is 6.63. The van der Waals surface area contributed by atoms with Gasteiger partial charge in [0.2, 0.25) is 5.91 Å². The molecule has 0 saturated carbocycles. The van der Waals surface area contributed by atoms with Crippen molar-refractivity contribution in [1.82, 2.24) is 4.98 Å².